The molecule has 1 aliphatic rings. The van der Waals surface area contributed by atoms with E-state index in [1.54, 1.807) is 0 Å². The monoisotopic (exact) mass is 452 g/mol. The van der Waals surface area contributed by atoms with Crippen LogP contribution in [0.5, 0.6) is 0 Å². The van der Waals surface area contributed by atoms with Crippen LogP contribution in [0.2, 0.25) is 0 Å². The SMILES string of the molecule is CC(C)N1CCN(c2ccc(Nc3ncc(C(=O)c4c(F)cccc4F)c(N)n3)cc2)CC1. The normalized spacial score (nSPS) is 14.5. The Hall–Kier alpha value is -3.59. The highest BCUT2D eigenvalue weighted by atomic mass is 19.1. The fourth-order valence-electron chi connectivity index (χ4n) is 3.86. The van der Waals surface area contributed by atoms with Gasteiger partial charge in [-0.2, -0.15) is 4.98 Å². The Bertz CT molecular complexity index is 1120. The molecule has 0 atom stereocenters. The number of ketones is 1. The van der Waals surface area contributed by atoms with E-state index in [-0.39, 0.29) is 17.3 Å². The van der Waals surface area contributed by atoms with Gasteiger partial charge in [0.05, 0.1) is 11.1 Å². The number of carbonyl (C=O) groups is 1. The predicted octanol–water partition coefficient (Wildman–Crippen LogP) is 3.84. The maximum Gasteiger partial charge on any atom is 0.229 e. The van der Waals surface area contributed by atoms with Gasteiger partial charge in [0.15, 0.2) is 0 Å². The maximum atomic E-state index is 13.9. The van der Waals surface area contributed by atoms with E-state index >= 15 is 0 Å². The molecule has 4 rings (SSSR count). The first-order valence-electron chi connectivity index (χ1n) is 10.8. The highest BCUT2D eigenvalue weighted by Crippen LogP contribution is 2.24. The lowest BCUT2D eigenvalue weighted by Crippen LogP contribution is -2.48. The van der Waals surface area contributed by atoms with Crippen molar-refractivity contribution < 1.29 is 13.6 Å². The largest absolute Gasteiger partial charge is 0.383 e. The summed E-state index contributed by atoms with van der Waals surface area (Å²) in [5.74, 6) is -2.83. The van der Waals surface area contributed by atoms with Crippen molar-refractivity contribution in [1.82, 2.24) is 14.9 Å². The Morgan fingerprint density at radius 1 is 1.03 bits per heavy atom. The van der Waals surface area contributed by atoms with E-state index < -0.39 is 23.0 Å². The molecule has 3 aromatic rings. The Balaban J connectivity index is 1.44. The lowest BCUT2D eigenvalue weighted by Gasteiger charge is -2.38. The van der Waals surface area contributed by atoms with Gasteiger partial charge in [-0.3, -0.25) is 9.69 Å². The summed E-state index contributed by atoms with van der Waals surface area (Å²) in [4.78, 5) is 25.5. The molecule has 0 spiro atoms. The summed E-state index contributed by atoms with van der Waals surface area (Å²) in [7, 11) is 0. The molecule has 7 nitrogen and oxygen atoms in total. The fourth-order valence-corrected chi connectivity index (χ4v) is 3.86. The molecule has 0 bridgehead atoms. The number of carbonyl (C=O) groups excluding carboxylic acids is 1. The van der Waals surface area contributed by atoms with E-state index in [1.165, 1.54) is 12.3 Å². The van der Waals surface area contributed by atoms with Gasteiger partial charge in [-0.05, 0) is 50.2 Å². The van der Waals surface area contributed by atoms with Crippen molar-refractivity contribution in [3.63, 3.8) is 0 Å². The van der Waals surface area contributed by atoms with E-state index in [9.17, 15) is 13.6 Å². The van der Waals surface area contributed by atoms with Gasteiger partial charge in [-0.25, -0.2) is 13.8 Å². The van der Waals surface area contributed by atoms with E-state index in [2.05, 4.69) is 38.9 Å². The Kier molecular flexibility index (Phi) is 6.50. The third kappa shape index (κ3) is 4.93. The molecule has 1 saturated heterocycles. The van der Waals surface area contributed by atoms with Crippen LogP contribution in [0.1, 0.15) is 29.8 Å². The molecule has 0 unspecified atom stereocenters. The predicted molar refractivity (Wildman–Crippen MR) is 125 cm³/mol. The summed E-state index contributed by atoms with van der Waals surface area (Å²) >= 11 is 0. The van der Waals surface area contributed by atoms with Crippen molar-refractivity contribution in [3.8, 4) is 0 Å². The van der Waals surface area contributed by atoms with Gasteiger partial charge >= 0.3 is 0 Å². The number of hydrogen-bond acceptors (Lipinski definition) is 7. The number of benzene rings is 2. The van der Waals surface area contributed by atoms with E-state index in [0.717, 1.165) is 49.7 Å². The average Bonchev–Trinajstić information content (AvgIpc) is 2.79. The van der Waals surface area contributed by atoms with Gasteiger partial charge in [0.1, 0.15) is 17.5 Å². The van der Waals surface area contributed by atoms with Crippen LogP contribution in [0.4, 0.5) is 31.9 Å². The second-order valence-electron chi connectivity index (χ2n) is 8.21. The second-order valence-corrected chi connectivity index (χ2v) is 8.21. The first-order chi connectivity index (χ1) is 15.8. The molecule has 1 fully saturated rings. The van der Waals surface area contributed by atoms with Crippen molar-refractivity contribution >= 4 is 28.9 Å². The molecular weight excluding hydrogens is 426 g/mol. The summed E-state index contributed by atoms with van der Waals surface area (Å²) in [6, 6.07) is 11.6. The van der Waals surface area contributed by atoms with Crippen LogP contribution in [0.15, 0.2) is 48.7 Å². The highest BCUT2D eigenvalue weighted by molar-refractivity contribution is 6.11. The maximum absolute atomic E-state index is 13.9. The molecule has 2 aromatic carbocycles. The topological polar surface area (TPSA) is 87.4 Å². The third-order valence-corrected chi connectivity index (χ3v) is 5.79. The van der Waals surface area contributed by atoms with Gasteiger partial charge in [-0.15, -0.1) is 0 Å². The minimum absolute atomic E-state index is 0.166. The zero-order chi connectivity index (χ0) is 23.5. The van der Waals surface area contributed by atoms with Crippen LogP contribution in [0.25, 0.3) is 0 Å². The van der Waals surface area contributed by atoms with E-state index in [4.69, 9.17) is 5.73 Å². The number of nitrogens with one attached hydrogen (secondary N) is 1. The van der Waals surface area contributed by atoms with Crippen LogP contribution in [0.3, 0.4) is 0 Å². The number of rotatable bonds is 6. The molecule has 0 amide bonds. The lowest BCUT2D eigenvalue weighted by molar-refractivity contribution is 0.103. The van der Waals surface area contributed by atoms with Crippen LogP contribution >= 0.6 is 0 Å². The number of aromatic nitrogens is 2. The summed E-state index contributed by atoms with van der Waals surface area (Å²) < 4.78 is 27.9. The molecule has 0 aliphatic carbocycles. The molecule has 33 heavy (non-hydrogen) atoms. The molecular formula is C24H26F2N6O. The van der Waals surface area contributed by atoms with Gasteiger partial charge in [0, 0.05) is 49.8 Å². The zero-order valence-corrected chi connectivity index (χ0v) is 18.6. The summed E-state index contributed by atoms with van der Waals surface area (Å²) in [5, 5.41) is 3.04. The van der Waals surface area contributed by atoms with Crippen molar-refractivity contribution in [2.24, 2.45) is 0 Å². The number of halogens is 2. The summed E-state index contributed by atoms with van der Waals surface area (Å²) in [5.41, 5.74) is 6.94. The minimum Gasteiger partial charge on any atom is -0.383 e. The van der Waals surface area contributed by atoms with Crippen molar-refractivity contribution in [2.75, 3.05) is 42.1 Å². The number of nitrogens with zero attached hydrogens (tertiary/aromatic N) is 4. The quantitative estimate of drug-likeness (QED) is 0.550. The number of anilines is 4. The number of nitrogen functional groups attached to an aromatic ring is 1. The number of piperazine rings is 1. The molecule has 0 saturated carbocycles. The van der Waals surface area contributed by atoms with Gasteiger partial charge in [0.25, 0.3) is 0 Å². The zero-order valence-electron chi connectivity index (χ0n) is 18.6. The third-order valence-electron chi connectivity index (χ3n) is 5.79. The minimum atomic E-state index is -0.965. The van der Waals surface area contributed by atoms with Crippen molar-refractivity contribution in [3.05, 3.63) is 71.4 Å². The number of hydrogen-bond donors (Lipinski definition) is 2. The molecule has 172 valence electrons. The highest BCUT2D eigenvalue weighted by Gasteiger charge is 2.22. The van der Waals surface area contributed by atoms with Crippen molar-refractivity contribution in [1.29, 1.82) is 0 Å². The molecule has 0 radical (unpaired) electrons. The summed E-state index contributed by atoms with van der Waals surface area (Å²) in [6.07, 6.45) is 1.17. The average molecular weight is 453 g/mol. The molecule has 3 N–H and O–H groups in total. The van der Waals surface area contributed by atoms with Gasteiger partial charge < -0.3 is 16.0 Å². The fraction of sp³-hybridized carbons (Fsp3) is 0.292. The van der Waals surface area contributed by atoms with Crippen LogP contribution in [-0.2, 0) is 0 Å². The molecule has 1 aliphatic heterocycles. The Labute approximate surface area is 191 Å². The van der Waals surface area contributed by atoms with E-state index in [0.29, 0.717) is 6.04 Å². The van der Waals surface area contributed by atoms with E-state index in [1.807, 2.05) is 24.3 Å². The Morgan fingerprint density at radius 3 is 2.24 bits per heavy atom. The molecule has 9 heteroatoms. The Morgan fingerprint density at radius 2 is 1.67 bits per heavy atom. The first-order valence-corrected chi connectivity index (χ1v) is 10.8. The van der Waals surface area contributed by atoms with Gasteiger partial charge in [-0.1, -0.05) is 6.07 Å². The number of nitrogens with two attached hydrogens (primary N) is 1. The van der Waals surface area contributed by atoms with Crippen molar-refractivity contribution in [2.45, 2.75) is 19.9 Å². The van der Waals surface area contributed by atoms with Crippen LogP contribution < -0.4 is 16.0 Å². The van der Waals surface area contributed by atoms with Gasteiger partial charge in [0.2, 0.25) is 11.7 Å². The first kappa shape index (κ1) is 22.6. The summed E-state index contributed by atoms with van der Waals surface area (Å²) in [6.45, 7) is 8.45. The van der Waals surface area contributed by atoms with Crippen LogP contribution in [0, 0.1) is 11.6 Å². The van der Waals surface area contributed by atoms with Crippen LogP contribution in [-0.4, -0.2) is 52.9 Å². The molecule has 1 aromatic heterocycles. The second kappa shape index (κ2) is 9.50. The molecule has 2 heterocycles. The standard InChI is InChI=1S/C24H26F2N6O/c1-15(2)31-10-12-32(13-11-31)17-8-6-16(7-9-17)29-24-28-14-18(23(27)30-24)22(33)21-19(25)4-3-5-20(21)26/h3-9,14-15H,10-13H2,1-2H3,(H3,27,28,29,30). The lowest BCUT2D eigenvalue weighted by atomic mass is 10.0. The smallest absolute Gasteiger partial charge is 0.229 e.